The number of ether oxygens (including phenoxy) is 1. The average molecular weight is 398 g/mol. The summed E-state index contributed by atoms with van der Waals surface area (Å²) in [6, 6.07) is 0. The van der Waals surface area contributed by atoms with Crippen LogP contribution in [0.4, 0.5) is 5.13 Å². The number of piperidine rings is 1. The molecule has 0 saturated carbocycles. The van der Waals surface area contributed by atoms with Crippen LogP contribution in [0.15, 0.2) is 0 Å². The SMILES string of the molecule is COC1(C(=O)N2CCN(c3nc(C)ns3)CC2)CCNCC1.Cl.Cl. The molecular weight excluding hydrogens is 373 g/mol. The first-order chi connectivity index (χ1) is 10.6. The molecule has 1 aromatic heterocycles. The van der Waals surface area contributed by atoms with Crippen molar-refractivity contribution in [2.75, 3.05) is 51.3 Å². The molecule has 10 heteroatoms. The molecule has 2 fully saturated rings. The minimum absolute atomic E-state index is 0. The van der Waals surface area contributed by atoms with Gasteiger partial charge in [0.15, 0.2) is 0 Å². The summed E-state index contributed by atoms with van der Waals surface area (Å²) in [5, 5.41) is 4.24. The summed E-state index contributed by atoms with van der Waals surface area (Å²) in [6.07, 6.45) is 1.50. The van der Waals surface area contributed by atoms with Gasteiger partial charge in [0, 0.05) is 44.8 Å². The van der Waals surface area contributed by atoms with Gasteiger partial charge in [0.1, 0.15) is 11.4 Å². The van der Waals surface area contributed by atoms with Gasteiger partial charge in [0.05, 0.1) is 0 Å². The van der Waals surface area contributed by atoms with Gasteiger partial charge in [-0.05, 0) is 32.9 Å². The van der Waals surface area contributed by atoms with Crippen LogP contribution in [0.1, 0.15) is 18.7 Å². The highest BCUT2D eigenvalue weighted by molar-refractivity contribution is 7.09. The minimum Gasteiger partial charge on any atom is -0.368 e. The number of amides is 1. The zero-order valence-corrected chi connectivity index (χ0v) is 16.4. The van der Waals surface area contributed by atoms with Crippen molar-refractivity contribution in [3.63, 3.8) is 0 Å². The van der Waals surface area contributed by atoms with Crippen LogP contribution in [0.2, 0.25) is 0 Å². The third-order valence-electron chi connectivity index (χ3n) is 4.55. The van der Waals surface area contributed by atoms with Gasteiger partial charge in [-0.1, -0.05) is 0 Å². The number of nitrogens with zero attached hydrogens (tertiary/aromatic N) is 4. The summed E-state index contributed by atoms with van der Waals surface area (Å²) >= 11 is 1.43. The van der Waals surface area contributed by atoms with Crippen LogP contribution in [-0.4, -0.2) is 72.1 Å². The Morgan fingerprint density at radius 1 is 1.21 bits per heavy atom. The number of halogens is 2. The van der Waals surface area contributed by atoms with E-state index in [1.807, 2.05) is 11.8 Å². The van der Waals surface area contributed by atoms with Gasteiger partial charge in [-0.25, -0.2) is 4.98 Å². The first-order valence-corrected chi connectivity index (χ1v) is 8.52. The Kier molecular flexibility index (Phi) is 8.14. The fraction of sp³-hybridized carbons (Fsp3) is 0.786. The third kappa shape index (κ3) is 4.29. The van der Waals surface area contributed by atoms with Crippen LogP contribution in [0.5, 0.6) is 0 Å². The van der Waals surface area contributed by atoms with Gasteiger partial charge in [-0.2, -0.15) is 4.37 Å². The maximum Gasteiger partial charge on any atom is 0.255 e. The fourth-order valence-electron chi connectivity index (χ4n) is 3.14. The van der Waals surface area contributed by atoms with Crippen molar-refractivity contribution in [3.05, 3.63) is 5.82 Å². The lowest BCUT2D eigenvalue weighted by Gasteiger charge is -2.42. The van der Waals surface area contributed by atoms with Gasteiger partial charge in [0.25, 0.3) is 5.91 Å². The normalized spacial score (nSPS) is 20.1. The lowest BCUT2D eigenvalue weighted by Crippen LogP contribution is -2.59. The first kappa shape index (κ1) is 21.4. The topological polar surface area (TPSA) is 70.6 Å². The van der Waals surface area contributed by atoms with E-state index < -0.39 is 5.60 Å². The molecular formula is C14H25Cl2N5O2S. The average Bonchev–Trinajstić information content (AvgIpc) is 3.01. The minimum atomic E-state index is -0.632. The molecule has 0 atom stereocenters. The van der Waals surface area contributed by atoms with Gasteiger partial charge in [-0.15, -0.1) is 24.8 Å². The molecule has 0 unspecified atom stereocenters. The smallest absolute Gasteiger partial charge is 0.255 e. The van der Waals surface area contributed by atoms with E-state index in [1.54, 1.807) is 7.11 Å². The summed E-state index contributed by atoms with van der Waals surface area (Å²) in [5.41, 5.74) is -0.632. The summed E-state index contributed by atoms with van der Waals surface area (Å²) in [5.74, 6) is 0.955. The number of hydrogen-bond donors (Lipinski definition) is 1. The molecule has 7 nitrogen and oxygen atoms in total. The highest BCUT2D eigenvalue weighted by Gasteiger charge is 2.43. The van der Waals surface area contributed by atoms with Crippen LogP contribution < -0.4 is 10.2 Å². The van der Waals surface area contributed by atoms with Crippen LogP contribution in [0, 0.1) is 6.92 Å². The van der Waals surface area contributed by atoms with E-state index in [-0.39, 0.29) is 30.7 Å². The van der Waals surface area contributed by atoms with E-state index in [2.05, 4.69) is 19.6 Å². The lowest BCUT2D eigenvalue weighted by molar-refractivity contribution is -0.158. The van der Waals surface area contributed by atoms with Crippen molar-refractivity contribution in [1.29, 1.82) is 0 Å². The molecule has 1 N–H and O–H groups in total. The van der Waals surface area contributed by atoms with E-state index in [9.17, 15) is 4.79 Å². The molecule has 3 heterocycles. The molecule has 2 saturated heterocycles. The predicted molar refractivity (Wildman–Crippen MR) is 99.8 cm³/mol. The van der Waals surface area contributed by atoms with Gasteiger partial charge < -0.3 is 19.9 Å². The van der Waals surface area contributed by atoms with Crippen molar-refractivity contribution in [2.24, 2.45) is 0 Å². The molecule has 0 bridgehead atoms. The Hall–Kier alpha value is -0.670. The van der Waals surface area contributed by atoms with Crippen LogP contribution >= 0.6 is 36.3 Å². The van der Waals surface area contributed by atoms with Crippen molar-refractivity contribution in [2.45, 2.75) is 25.4 Å². The maximum atomic E-state index is 12.9. The zero-order valence-electron chi connectivity index (χ0n) is 14.0. The van der Waals surface area contributed by atoms with E-state index in [0.717, 1.165) is 63.1 Å². The Labute approximate surface area is 159 Å². The van der Waals surface area contributed by atoms with E-state index in [0.29, 0.717) is 0 Å². The molecule has 0 radical (unpaired) electrons. The number of methoxy groups -OCH3 is 1. The number of piperazine rings is 1. The van der Waals surface area contributed by atoms with Gasteiger partial charge in [0.2, 0.25) is 5.13 Å². The summed E-state index contributed by atoms with van der Waals surface area (Å²) in [6.45, 7) is 6.62. The number of rotatable bonds is 3. The molecule has 0 spiro atoms. The molecule has 1 amide bonds. The number of anilines is 1. The summed E-state index contributed by atoms with van der Waals surface area (Å²) in [7, 11) is 1.66. The van der Waals surface area contributed by atoms with Crippen molar-refractivity contribution < 1.29 is 9.53 Å². The second-order valence-corrected chi connectivity index (χ2v) is 6.58. The summed E-state index contributed by atoms with van der Waals surface area (Å²) in [4.78, 5) is 21.5. The number of carbonyl (C=O) groups is 1. The Bertz CT molecular complexity index is 531. The van der Waals surface area contributed by atoms with E-state index in [4.69, 9.17) is 4.74 Å². The number of nitrogens with one attached hydrogen (secondary N) is 1. The fourth-order valence-corrected chi connectivity index (χ4v) is 3.87. The lowest BCUT2D eigenvalue weighted by atomic mass is 9.90. The highest BCUT2D eigenvalue weighted by atomic mass is 35.5. The van der Waals surface area contributed by atoms with Crippen molar-refractivity contribution >= 4 is 47.4 Å². The second kappa shape index (κ2) is 9.15. The Morgan fingerprint density at radius 2 is 1.83 bits per heavy atom. The molecule has 0 aliphatic carbocycles. The molecule has 1 aromatic rings. The maximum absolute atomic E-state index is 12.9. The number of aromatic nitrogens is 2. The molecule has 2 aliphatic heterocycles. The van der Waals surface area contributed by atoms with Crippen molar-refractivity contribution in [1.82, 2.24) is 19.6 Å². The number of aryl methyl sites for hydroxylation is 1. The molecule has 3 rings (SSSR count). The van der Waals surface area contributed by atoms with Gasteiger partial charge in [-0.3, -0.25) is 4.79 Å². The standard InChI is InChI=1S/C14H23N5O2S.2ClH/c1-11-16-13(22-17-11)19-9-7-18(8-10-19)12(20)14(21-2)3-5-15-6-4-14;;/h15H,3-10H2,1-2H3;2*1H. The molecule has 2 aliphatic rings. The first-order valence-electron chi connectivity index (χ1n) is 7.75. The monoisotopic (exact) mass is 397 g/mol. The van der Waals surface area contributed by atoms with E-state index >= 15 is 0 Å². The van der Waals surface area contributed by atoms with Crippen LogP contribution in [0.3, 0.4) is 0 Å². The highest BCUT2D eigenvalue weighted by Crippen LogP contribution is 2.26. The molecule has 0 aromatic carbocycles. The Morgan fingerprint density at radius 3 is 2.33 bits per heavy atom. The quantitative estimate of drug-likeness (QED) is 0.823. The largest absolute Gasteiger partial charge is 0.368 e. The van der Waals surface area contributed by atoms with Crippen molar-refractivity contribution in [3.8, 4) is 0 Å². The summed E-state index contributed by atoms with van der Waals surface area (Å²) < 4.78 is 9.87. The van der Waals surface area contributed by atoms with Crippen LogP contribution in [-0.2, 0) is 9.53 Å². The molecule has 24 heavy (non-hydrogen) atoms. The van der Waals surface area contributed by atoms with Gasteiger partial charge >= 0.3 is 0 Å². The Balaban J connectivity index is 0.00000144. The number of carbonyl (C=O) groups excluding carboxylic acids is 1. The molecule has 138 valence electrons. The van der Waals surface area contributed by atoms with E-state index in [1.165, 1.54) is 11.5 Å². The zero-order chi connectivity index (χ0) is 15.6. The predicted octanol–water partition coefficient (Wildman–Crippen LogP) is 1.11. The van der Waals surface area contributed by atoms with Crippen LogP contribution in [0.25, 0.3) is 0 Å². The number of hydrogen-bond acceptors (Lipinski definition) is 7. The third-order valence-corrected chi connectivity index (χ3v) is 5.41. The second-order valence-electron chi connectivity index (χ2n) is 5.85.